The fourth-order valence-electron chi connectivity index (χ4n) is 7.82. The SMILES string of the molecule is CC(C)[C@@H](C)/C=C/C[C@H]1CC[C@H]2[C@@H]3CC=C4C[C@@H](O)CC[C@]4(C)[C@H]3CC[C@]12C. The average molecular weight is 385 g/mol. The van der Waals surface area contributed by atoms with Crippen LogP contribution in [0.1, 0.15) is 92.4 Å². The van der Waals surface area contributed by atoms with Crippen molar-refractivity contribution < 1.29 is 5.11 Å². The van der Waals surface area contributed by atoms with E-state index >= 15 is 0 Å². The topological polar surface area (TPSA) is 20.2 Å². The number of fused-ring (bicyclic) bond motifs is 5. The average Bonchev–Trinajstić information content (AvgIpc) is 2.99. The van der Waals surface area contributed by atoms with Crippen LogP contribution in [0.2, 0.25) is 0 Å². The lowest BCUT2D eigenvalue weighted by atomic mass is 9.47. The van der Waals surface area contributed by atoms with Crippen LogP contribution in [-0.2, 0) is 0 Å². The zero-order chi connectivity index (χ0) is 20.1. The summed E-state index contributed by atoms with van der Waals surface area (Å²) < 4.78 is 0. The van der Waals surface area contributed by atoms with Gasteiger partial charge in [0.05, 0.1) is 6.10 Å². The minimum atomic E-state index is -0.0828. The molecule has 4 aliphatic rings. The van der Waals surface area contributed by atoms with E-state index in [1.54, 1.807) is 5.57 Å². The van der Waals surface area contributed by atoms with Crippen LogP contribution < -0.4 is 0 Å². The molecule has 8 atom stereocenters. The third-order valence-corrected chi connectivity index (χ3v) is 10.2. The van der Waals surface area contributed by atoms with Crippen LogP contribution in [0.4, 0.5) is 0 Å². The highest BCUT2D eigenvalue weighted by atomic mass is 16.3. The molecule has 0 heterocycles. The molecule has 1 nitrogen and oxygen atoms in total. The minimum Gasteiger partial charge on any atom is -0.393 e. The normalized spacial score (nSPS) is 46.8. The highest BCUT2D eigenvalue weighted by Gasteiger charge is 2.58. The summed E-state index contributed by atoms with van der Waals surface area (Å²) in [5.74, 6) is 5.02. The Morgan fingerprint density at radius 1 is 1.07 bits per heavy atom. The zero-order valence-electron chi connectivity index (χ0n) is 19.1. The third kappa shape index (κ3) is 3.34. The lowest BCUT2D eigenvalue weighted by Crippen LogP contribution is -2.50. The first-order valence-corrected chi connectivity index (χ1v) is 12.3. The van der Waals surface area contributed by atoms with E-state index in [-0.39, 0.29) is 6.10 Å². The van der Waals surface area contributed by atoms with Gasteiger partial charge in [0.1, 0.15) is 0 Å². The van der Waals surface area contributed by atoms with Gasteiger partial charge >= 0.3 is 0 Å². The predicted molar refractivity (Wildman–Crippen MR) is 119 cm³/mol. The van der Waals surface area contributed by atoms with Gasteiger partial charge in [-0.3, -0.25) is 0 Å². The Balaban J connectivity index is 1.49. The molecule has 0 aromatic rings. The van der Waals surface area contributed by atoms with Crippen molar-refractivity contribution in [3.8, 4) is 0 Å². The van der Waals surface area contributed by atoms with Crippen molar-refractivity contribution in [3.63, 3.8) is 0 Å². The number of aliphatic hydroxyl groups excluding tert-OH is 1. The highest BCUT2D eigenvalue weighted by Crippen LogP contribution is 2.66. The maximum Gasteiger partial charge on any atom is 0.0577 e. The van der Waals surface area contributed by atoms with E-state index < -0.39 is 0 Å². The van der Waals surface area contributed by atoms with Crippen LogP contribution in [0.15, 0.2) is 23.8 Å². The van der Waals surface area contributed by atoms with Gasteiger partial charge in [0.2, 0.25) is 0 Å². The van der Waals surface area contributed by atoms with E-state index in [0.717, 1.165) is 42.4 Å². The van der Waals surface area contributed by atoms with Crippen molar-refractivity contribution >= 4 is 0 Å². The quantitative estimate of drug-likeness (QED) is 0.510. The monoisotopic (exact) mass is 384 g/mol. The largest absolute Gasteiger partial charge is 0.393 e. The number of rotatable bonds is 4. The molecule has 28 heavy (non-hydrogen) atoms. The van der Waals surface area contributed by atoms with Gasteiger partial charge in [-0.05, 0) is 104 Å². The van der Waals surface area contributed by atoms with E-state index in [1.807, 2.05) is 0 Å². The lowest BCUT2D eigenvalue weighted by Gasteiger charge is -2.58. The lowest BCUT2D eigenvalue weighted by molar-refractivity contribution is -0.0492. The molecule has 3 saturated carbocycles. The molecule has 158 valence electrons. The van der Waals surface area contributed by atoms with Gasteiger partial charge in [-0.15, -0.1) is 0 Å². The molecule has 0 aromatic carbocycles. The summed E-state index contributed by atoms with van der Waals surface area (Å²) in [5, 5.41) is 10.2. The van der Waals surface area contributed by atoms with Crippen molar-refractivity contribution in [1.82, 2.24) is 0 Å². The molecule has 0 radical (unpaired) electrons. The van der Waals surface area contributed by atoms with Crippen LogP contribution >= 0.6 is 0 Å². The Hall–Kier alpha value is -0.560. The van der Waals surface area contributed by atoms with E-state index in [9.17, 15) is 5.11 Å². The van der Waals surface area contributed by atoms with Crippen molar-refractivity contribution in [1.29, 1.82) is 0 Å². The first-order valence-electron chi connectivity index (χ1n) is 12.3. The Kier molecular flexibility index (Phi) is 5.62. The van der Waals surface area contributed by atoms with E-state index in [2.05, 4.69) is 52.8 Å². The summed E-state index contributed by atoms with van der Waals surface area (Å²) in [4.78, 5) is 0. The molecule has 0 aliphatic heterocycles. The molecule has 0 saturated heterocycles. The molecule has 4 rings (SSSR count). The highest BCUT2D eigenvalue weighted by molar-refractivity contribution is 5.25. The Morgan fingerprint density at radius 3 is 2.61 bits per heavy atom. The molecule has 0 spiro atoms. The maximum atomic E-state index is 10.2. The molecule has 1 N–H and O–H groups in total. The van der Waals surface area contributed by atoms with Gasteiger partial charge in [-0.25, -0.2) is 0 Å². The Bertz CT molecular complexity index is 630. The van der Waals surface area contributed by atoms with Crippen LogP contribution in [0.3, 0.4) is 0 Å². The number of hydrogen-bond acceptors (Lipinski definition) is 1. The van der Waals surface area contributed by atoms with Crippen molar-refractivity contribution in [3.05, 3.63) is 23.8 Å². The van der Waals surface area contributed by atoms with E-state index in [1.165, 1.54) is 44.9 Å². The first-order chi connectivity index (χ1) is 13.3. The van der Waals surface area contributed by atoms with Crippen molar-refractivity contribution in [2.24, 2.45) is 46.3 Å². The fraction of sp³-hybridized carbons (Fsp3) is 0.852. The Morgan fingerprint density at radius 2 is 1.86 bits per heavy atom. The zero-order valence-corrected chi connectivity index (χ0v) is 19.1. The summed E-state index contributed by atoms with van der Waals surface area (Å²) >= 11 is 0. The van der Waals surface area contributed by atoms with Crippen LogP contribution in [-0.4, -0.2) is 11.2 Å². The second-order valence-corrected chi connectivity index (χ2v) is 11.7. The first kappa shape index (κ1) is 20.7. The molecule has 0 aromatic heterocycles. The number of aliphatic hydroxyl groups is 1. The van der Waals surface area contributed by atoms with Gasteiger partial charge in [-0.2, -0.15) is 0 Å². The summed E-state index contributed by atoms with van der Waals surface area (Å²) in [5.41, 5.74) is 2.55. The molecule has 4 aliphatic carbocycles. The summed E-state index contributed by atoms with van der Waals surface area (Å²) in [6.45, 7) is 12.2. The second kappa shape index (κ2) is 7.60. The molecular weight excluding hydrogens is 340 g/mol. The summed E-state index contributed by atoms with van der Waals surface area (Å²) in [6.07, 6.45) is 19.0. The van der Waals surface area contributed by atoms with Crippen LogP contribution in [0.5, 0.6) is 0 Å². The standard InChI is InChI=1S/C27H44O/c1-18(2)19(3)7-6-8-20-10-12-24-23-11-9-21-17-22(28)13-15-27(21,5)25(23)14-16-26(20,24)4/h6-7,9,18-20,22-25,28H,8,10-17H2,1-5H3/b7-6+/t19-,20-,22-,23-,24-,25-,26+,27-/m0/s1. The molecular formula is C27H44O. The minimum absolute atomic E-state index is 0.0828. The van der Waals surface area contributed by atoms with Gasteiger partial charge < -0.3 is 5.11 Å². The molecule has 3 fully saturated rings. The van der Waals surface area contributed by atoms with Crippen molar-refractivity contribution in [2.75, 3.05) is 0 Å². The van der Waals surface area contributed by atoms with Crippen LogP contribution in [0, 0.1) is 46.3 Å². The van der Waals surface area contributed by atoms with Gasteiger partial charge in [0, 0.05) is 0 Å². The molecule has 0 bridgehead atoms. The Labute approximate surface area is 174 Å². The van der Waals surface area contributed by atoms with E-state index in [0.29, 0.717) is 16.7 Å². The number of allylic oxidation sites excluding steroid dienone is 3. The fourth-order valence-corrected chi connectivity index (χ4v) is 7.82. The van der Waals surface area contributed by atoms with Crippen molar-refractivity contribution in [2.45, 2.75) is 98.5 Å². The van der Waals surface area contributed by atoms with Gasteiger partial charge in [0.25, 0.3) is 0 Å². The second-order valence-electron chi connectivity index (χ2n) is 11.7. The summed E-state index contributed by atoms with van der Waals surface area (Å²) in [7, 11) is 0. The predicted octanol–water partition coefficient (Wildman–Crippen LogP) is 7.16. The van der Waals surface area contributed by atoms with Gasteiger partial charge in [0.15, 0.2) is 0 Å². The smallest absolute Gasteiger partial charge is 0.0577 e. The maximum absolute atomic E-state index is 10.2. The van der Waals surface area contributed by atoms with E-state index in [4.69, 9.17) is 0 Å². The van der Waals surface area contributed by atoms with Gasteiger partial charge in [-0.1, -0.05) is 58.4 Å². The van der Waals surface area contributed by atoms with Crippen LogP contribution in [0.25, 0.3) is 0 Å². The summed E-state index contributed by atoms with van der Waals surface area (Å²) in [6, 6.07) is 0. The molecule has 0 unspecified atom stereocenters. The third-order valence-electron chi connectivity index (χ3n) is 10.2. The molecule has 0 amide bonds. The molecule has 1 heteroatoms. The number of hydrogen-bond donors (Lipinski definition) is 1.